The van der Waals surface area contributed by atoms with E-state index in [2.05, 4.69) is 5.32 Å². The number of nitrogens with zero attached hydrogens (tertiary/aromatic N) is 1. The van der Waals surface area contributed by atoms with Crippen molar-refractivity contribution in [2.24, 2.45) is 5.92 Å². The van der Waals surface area contributed by atoms with E-state index in [0.29, 0.717) is 32.7 Å². The summed E-state index contributed by atoms with van der Waals surface area (Å²) in [4.78, 5) is 25.2. The third kappa shape index (κ3) is 5.05. The zero-order valence-electron chi connectivity index (χ0n) is 14.9. The molecule has 0 aliphatic carbocycles. The average molecular weight is 370 g/mol. The van der Waals surface area contributed by atoms with Gasteiger partial charge in [0.1, 0.15) is 0 Å². The smallest absolute Gasteiger partial charge is 0.548 e. The van der Waals surface area contributed by atoms with Gasteiger partial charge in [-0.2, -0.15) is 0 Å². The molecule has 2 amide bonds. The molecule has 0 radical (unpaired) electrons. The molecular formula is C18H23KN2O4. The first kappa shape index (κ1) is 20.9. The zero-order valence-corrected chi connectivity index (χ0v) is 18.0. The number of carbonyl (C=O) groups is 2. The third-order valence-corrected chi connectivity index (χ3v) is 4.95. The molecule has 2 aliphatic rings. The molecule has 1 N–H and O–H groups in total. The first-order valence-corrected chi connectivity index (χ1v) is 8.49. The molecule has 7 heteroatoms. The normalized spacial score (nSPS) is 22.5. The minimum atomic E-state index is -1.18. The first-order valence-electron chi connectivity index (χ1n) is 8.49. The van der Waals surface area contributed by atoms with Gasteiger partial charge in [-0.15, -0.1) is 0 Å². The van der Waals surface area contributed by atoms with E-state index in [0.717, 1.165) is 24.0 Å². The average Bonchev–Trinajstić information content (AvgIpc) is 2.59. The van der Waals surface area contributed by atoms with Gasteiger partial charge in [0.2, 0.25) is 0 Å². The number of hydrogen-bond donors (Lipinski definition) is 1. The fourth-order valence-corrected chi connectivity index (χ4v) is 3.55. The second-order valence-electron chi connectivity index (χ2n) is 6.67. The Kier molecular flexibility index (Phi) is 7.91. The Morgan fingerprint density at radius 1 is 1.40 bits per heavy atom. The molecule has 0 bridgehead atoms. The maximum atomic E-state index is 12.5. The van der Waals surface area contributed by atoms with E-state index in [1.807, 2.05) is 25.1 Å². The number of carboxylic acids is 1. The molecule has 3 rings (SSSR count). The molecule has 6 nitrogen and oxygen atoms in total. The topological polar surface area (TPSA) is 81.7 Å². The van der Waals surface area contributed by atoms with Crippen LogP contribution in [0, 0.1) is 5.92 Å². The fraction of sp³-hybridized carbons (Fsp3) is 0.556. The minimum absolute atomic E-state index is 0. The number of carbonyl (C=O) groups excluding carboxylic acids is 2. The van der Waals surface area contributed by atoms with Gasteiger partial charge in [0.25, 0.3) is 0 Å². The van der Waals surface area contributed by atoms with E-state index in [1.54, 1.807) is 0 Å². The van der Waals surface area contributed by atoms with Crippen LogP contribution < -0.4 is 61.8 Å². The van der Waals surface area contributed by atoms with Crippen LogP contribution in [0.2, 0.25) is 0 Å². The fourth-order valence-electron chi connectivity index (χ4n) is 3.55. The van der Waals surface area contributed by atoms with E-state index in [1.165, 1.54) is 10.5 Å². The van der Waals surface area contributed by atoms with Crippen LogP contribution >= 0.6 is 0 Å². The van der Waals surface area contributed by atoms with Crippen molar-refractivity contribution >= 4 is 12.0 Å². The Balaban J connectivity index is 0.00000225. The van der Waals surface area contributed by atoms with Gasteiger partial charge < -0.3 is 24.9 Å². The van der Waals surface area contributed by atoms with E-state index in [4.69, 9.17) is 4.74 Å². The Morgan fingerprint density at radius 3 is 2.96 bits per heavy atom. The summed E-state index contributed by atoms with van der Waals surface area (Å²) >= 11 is 0. The number of fused-ring (bicyclic) bond motifs is 1. The maximum Gasteiger partial charge on any atom is 1.00 e. The van der Waals surface area contributed by atoms with Crippen LogP contribution in [0.5, 0.6) is 0 Å². The number of urea groups is 1. The number of likely N-dealkylation sites (tertiary alicyclic amines) is 1. The van der Waals surface area contributed by atoms with Crippen LogP contribution in [0.25, 0.3) is 0 Å². The molecule has 2 heterocycles. The van der Waals surface area contributed by atoms with E-state index >= 15 is 0 Å². The summed E-state index contributed by atoms with van der Waals surface area (Å²) in [6.07, 6.45) is 2.10. The first-order chi connectivity index (χ1) is 11.6. The molecule has 1 aromatic carbocycles. The number of amides is 2. The van der Waals surface area contributed by atoms with Crippen LogP contribution in [-0.2, 0) is 29.1 Å². The maximum absolute atomic E-state index is 12.5. The van der Waals surface area contributed by atoms with Gasteiger partial charge in [-0.05, 0) is 41.9 Å². The van der Waals surface area contributed by atoms with Gasteiger partial charge in [0.15, 0.2) is 0 Å². The van der Waals surface area contributed by atoms with Crippen molar-refractivity contribution < 1.29 is 70.8 Å². The van der Waals surface area contributed by atoms with Crippen molar-refractivity contribution in [3.05, 3.63) is 34.9 Å². The zero-order chi connectivity index (χ0) is 17.1. The number of carboxylic acid groups (broad SMARTS) is 1. The van der Waals surface area contributed by atoms with Crippen molar-refractivity contribution in [2.75, 3.05) is 13.2 Å². The predicted octanol–water partition coefficient (Wildman–Crippen LogP) is -2.18. The van der Waals surface area contributed by atoms with Crippen LogP contribution in [0.1, 0.15) is 36.5 Å². The molecule has 0 aromatic heterocycles. The van der Waals surface area contributed by atoms with E-state index in [-0.39, 0.29) is 63.3 Å². The second-order valence-corrected chi connectivity index (χ2v) is 6.67. The molecule has 2 unspecified atom stereocenters. The van der Waals surface area contributed by atoms with Gasteiger partial charge >= 0.3 is 57.4 Å². The summed E-state index contributed by atoms with van der Waals surface area (Å²) in [6, 6.07) is 4.82. The Bertz CT molecular complexity index is 638. The molecular weight excluding hydrogens is 347 g/mol. The Morgan fingerprint density at radius 2 is 2.20 bits per heavy atom. The third-order valence-electron chi connectivity index (χ3n) is 4.95. The summed E-state index contributed by atoms with van der Waals surface area (Å²) < 4.78 is 5.45. The largest absolute Gasteiger partial charge is 1.00 e. The van der Waals surface area contributed by atoms with Gasteiger partial charge in [-0.25, -0.2) is 4.79 Å². The van der Waals surface area contributed by atoms with Crippen LogP contribution in [0.4, 0.5) is 4.79 Å². The van der Waals surface area contributed by atoms with Crippen molar-refractivity contribution in [2.45, 2.75) is 45.4 Å². The quantitative estimate of drug-likeness (QED) is 0.614. The molecule has 2 atom stereocenters. The van der Waals surface area contributed by atoms with Gasteiger partial charge in [0, 0.05) is 13.1 Å². The number of rotatable bonds is 3. The number of piperidine rings is 1. The van der Waals surface area contributed by atoms with E-state index in [9.17, 15) is 14.7 Å². The molecule has 1 aromatic rings. The summed E-state index contributed by atoms with van der Waals surface area (Å²) in [5.41, 5.74) is 3.46. The molecule has 0 spiro atoms. The SMILES string of the molecule is CC1CCN(C(=O)NCc2cccc3c2CCOC3)C(C(=O)[O-])C1.[K+]. The van der Waals surface area contributed by atoms with Crippen molar-refractivity contribution in [3.8, 4) is 0 Å². The Hall–Kier alpha value is -0.444. The van der Waals surface area contributed by atoms with Crippen LogP contribution in [0.3, 0.4) is 0 Å². The van der Waals surface area contributed by atoms with Crippen LogP contribution in [-0.4, -0.2) is 36.1 Å². The van der Waals surface area contributed by atoms with Gasteiger partial charge in [-0.1, -0.05) is 25.1 Å². The molecule has 25 heavy (non-hydrogen) atoms. The minimum Gasteiger partial charge on any atom is -0.548 e. The summed E-state index contributed by atoms with van der Waals surface area (Å²) in [6.45, 7) is 4.15. The molecule has 1 saturated heterocycles. The Labute approximate surface area is 190 Å². The van der Waals surface area contributed by atoms with Crippen molar-refractivity contribution in [3.63, 3.8) is 0 Å². The standard InChI is InChI=1S/C18H24N2O4.K/c1-12-5-7-20(16(9-12)17(21)22)18(23)19-10-13-3-2-4-14-11-24-8-6-15(13)14;/h2-4,12,16H,5-11H2,1H3,(H,19,23)(H,21,22);/q;+1/p-1. The van der Waals surface area contributed by atoms with Crippen molar-refractivity contribution in [1.29, 1.82) is 0 Å². The number of aliphatic carboxylic acids is 1. The molecule has 2 aliphatic heterocycles. The van der Waals surface area contributed by atoms with Crippen LogP contribution in [0.15, 0.2) is 18.2 Å². The number of ether oxygens (including phenoxy) is 1. The molecule has 1 fully saturated rings. The summed E-state index contributed by atoms with van der Waals surface area (Å²) in [5.74, 6) is -0.885. The van der Waals surface area contributed by atoms with Gasteiger partial charge in [0.05, 0.1) is 25.2 Å². The number of nitrogens with one attached hydrogen (secondary N) is 1. The van der Waals surface area contributed by atoms with E-state index < -0.39 is 12.0 Å². The molecule has 130 valence electrons. The second kappa shape index (κ2) is 9.48. The molecule has 0 saturated carbocycles. The van der Waals surface area contributed by atoms with Crippen molar-refractivity contribution in [1.82, 2.24) is 10.2 Å². The summed E-state index contributed by atoms with van der Waals surface area (Å²) in [7, 11) is 0. The number of hydrogen-bond acceptors (Lipinski definition) is 4. The van der Waals surface area contributed by atoms with Gasteiger partial charge in [-0.3, -0.25) is 0 Å². The number of benzene rings is 1. The monoisotopic (exact) mass is 370 g/mol. The summed E-state index contributed by atoms with van der Waals surface area (Å²) in [5, 5.41) is 14.2. The predicted molar refractivity (Wildman–Crippen MR) is 85.9 cm³/mol.